The van der Waals surface area contributed by atoms with Crippen molar-refractivity contribution < 1.29 is 0 Å². The molecule has 0 spiro atoms. The van der Waals surface area contributed by atoms with Crippen molar-refractivity contribution in [3.8, 4) is 0 Å². The van der Waals surface area contributed by atoms with E-state index in [-0.39, 0.29) is 0 Å². The lowest BCUT2D eigenvalue weighted by Gasteiger charge is -2.47. The average Bonchev–Trinajstić information content (AvgIpc) is 2.67. The van der Waals surface area contributed by atoms with Gasteiger partial charge in [-0.3, -0.25) is 0 Å². The first kappa shape index (κ1) is 13.6. The zero-order valence-electron chi connectivity index (χ0n) is 12.1. The predicted molar refractivity (Wildman–Crippen MR) is 74.5 cm³/mol. The van der Waals surface area contributed by atoms with E-state index in [4.69, 9.17) is 0 Å². The summed E-state index contributed by atoms with van der Waals surface area (Å²) in [5.74, 6) is 0. The van der Waals surface area contributed by atoms with Crippen LogP contribution < -0.4 is 5.32 Å². The number of hydrogen-bond donors (Lipinski definition) is 1. The molecule has 0 unspecified atom stereocenters. The van der Waals surface area contributed by atoms with Crippen LogP contribution in [0.15, 0.2) is 12.5 Å². The van der Waals surface area contributed by atoms with E-state index in [1.54, 1.807) is 0 Å². The lowest BCUT2D eigenvalue weighted by molar-refractivity contribution is 0.0415. The lowest BCUT2D eigenvalue weighted by Crippen LogP contribution is -2.53. The Morgan fingerprint density at radius 2 is 2.17 bits per heavy atom. The van der Waals surface area contributed by atoms with Gasteiger partial charge in [0.1, 0.15) is 0 Å². The standard InChI is InChI=1S/C14H26N4/c1-12(2)16-9-13-8-15-11-18(13)10-14(17(3)4)6-5-7-14/h8,11-12,16H,5-7,9-10H2,1-4H3. The van der Waals surface area contributed by atoms with Crippen LogP contribution in [0, 0.1) is 0 Å². The second-order valence-corrected chi connectivity index (χ2v) is 6.02. The summed E-state index contributed by atoms with van der Waals surface area (Å²) < 4.78 is 2.31. The summed E-state index contributed by atoms with van der Waals surface area (Å²) in [7, 11) is 4.39. The summed E-state index contributed by atoms with van der Waals surface area (Å²) in [6, 6.07) is 0.514. The summed E-state index contributed by atoms with van der Waals surface area (Å²) in [5, 5.41) is 3.46. The minimum Gasteiger partial charge on any atom is -0.332 e. The van der Waals surface area contributed by atoms with Crippen LogP contribution in [0.2, 0.25) is 0 Å². The third-order valence-electron chi connectivity index (χ3n) is 4.19. The number of hydrogen-bond acceptors (Lipinski definition) is 3. The molecule has 0 aliphatic heterocycles. The molecule has 1 saturated carbocycles. The monoisotopic (exact) mass is 250 g/mol. The van der Waals surface area contributed by atoms with Crippen molar-refractivity contribution in [2.75, 3.05) is 14.1 Å². The number of imidazole rings is 1. The maximum absolute atomic E-state index is 4.31. The Labute approximate surface area is 110 Å². The molecule has 0 saturated heterocycles. The molecule has 1 aliphatic rings. The quantitative estimate of drug-likeness (QED) is 0.836. The highest BCUT2D eigenvalue weighted by molar-refractivity contribution is 5.03. The van der Waals surface area contributed by atoms with Crippen LogP contribution in [0.25, 0.3) is 0 Å². The molecule has 1 heterocycles. The zero-order chi connectivity index (χ0) is 13.2. The van der Waals surface area contributed by atoms with Gasteiger partial charge in [-0.2, -0.15) is 0 Å². The van der Waals surface area contributed by atoms with E-state index < -0.39 is 0 Å². The summed E-state index contributed by atoms with van der Waals surface area (Å²) in [6.45, 7) is 6.32. The molecule has 1 aliphatic carbocycles. The summed E-state index contributed by atoms with van der Waals surface area (Å²) in [5.41, 5.74) is 1.64. The second-order valence-electron chi connectivity index (χ2n) is 6.02. The van der Waals surface area contributed by atoms with E-state index in [9.17, 15) is 0 Å². The molecule has 18 heavy (non-hydrogen) atoms. The smallest absolute Gasteiger partial charge is 0.0949 e. The molecule has 4 heteroatoms. The van der Waals surface area contributed by atoms with Crippen LogP contribution in [-0.4, -0.2) is 40.1 Å². The van der Waals surface area contributed by atoms with Gasteiger partial charge in [0.2, 0.25) is 0 Å². The van der Waals surface area contributed by atoms with Crippen LogP contribution in [0.3, 0.4) is 0 Å². The van der Waals surface area contributed by atoms with Crippen molar-refractivity contribution in [1.29, 1.82) is 0 Å². The normalized spacial score (nSPS) is 18.3. The molecule has 1 fully saturated rings. The first-order valence-electron chi connectivity index (χ1n) is 6.93. The van der Waals surface area contributed by atoms with E-state index in [0.717, 1.165) is 13.1 Å². The van der Waals surface area contributed by atoms with Crippen molar-refractivity contribution in [2.24, 2.45) is 0 Å². The number of nitrogens with zero attached hydrogens (tertiary/aromatic N) is 3. The van der Waals surface area contributed by atoms with E-state index in [2.05, 4.69) is 47.7 Å². The molecule has 1 N–H and O–H groups in total. The van der Waals surface area contributed by atoms with Crippen LogP contribution >= 0.6 is 0 Å². The highest BCUT2D eigenvalue weighted by atomic mass is 15.2. The second kappa shape index (κ2) is 5.41. The van der Waals surface area contributed by atoms with Gasteiger partial charge in [0.05, 0.1) is 12.0 Å². The third kappa shape index (κ3) is 2.75. The molecule has 4 nitrogen and oxygen atoms in total. The van der Waals surface area contributed by atoms with Gasteiger partial charge in [0.25, 0.3) is 0 Å². The molecule has 0 amide bonds. The van der Waals surface area contributed by atoms with Crippen molar-refractivity contribution in [3.63, 3.8) is 0 Å². The lowest BCUT2D eigenvalue weighted by atomic mass is 9.75. The Kier molecular flexibility index (Phi) is 4.07. The molecule has 1 aromatic heterocycles. The minimum absolute atomic E-state index is 0.354. The molecular weight excluding hydrogens is 224 g/mol. The fraction of sp³-hybridized carbons (Fsp3) is 0.786. The summed E-state index contributed by atoms with van der Waals surface area (Å²) in [4.78, 5) is 6.69. The molecule has 2 rings (SSSR count). The Balaban J connectivity index is 2.03. The third-order valence-corrected chi connectivity index (χ3v) is 4.19. The largest absolute Gasteiger partial charge is 0.332 e. The molecule has 0 radical (unpaired) electrons. The van der Waals surface area contributed by atoms with Crippen LogP contribution in [0.1, 0.15) is 38.8 Å². The fourth-order valence-electron chi connectivity index (χ4n) is 2.60. The van der Waals surface area contributed by atoms with E-state index in [0.29, 0.717) is 11.6 Å². The summed E-state index contributed by atoms with van der Waals surface area (Å²) >= 11 is 0. The molecule has 0 aromatic carbocycles. The molecule has 0 atom stereocenters. The van der Waals surface area contributed by atoms with Crippen molar-refractivity contribution in [3.05, 3.63) is 18.2 Å². The predicted octanol–water partition coefficient (Wildman–Crippen LogP) is 1.87. The topological polar surface area (TPSA) is 33.1 Å². The van der Waals surface area contributed by atoms with Gasteiger partial charge in [0, 0.05) is 30.9 Å². The van der Waals surface area contributed by atoms with Crippen LogP contribution in [0.4, 0.5) is 0 Å². The van der Waals surface area contributed by atoms with Crippen LogP contribution in [-0.2, 0) is 13.1 Å². The summed E-state index contributed by atoms with van der Waals surface area (Å²) in [6.07, 6.45) is 7.91. The van der Waals surface area contributed by atoms with Gasteiger partial charge < -0.3 is 14.8 Å². The maximum atomic E-state index is 4.31. The minimum atomic E-state index is 0.354. The van der Waals surface area contributed by atoms with Gasteiger partial charge in [-0.1, -0.05) is 13.8 Å². The van der Waals surface area contributed by atoms with E-state index >= 15 is 0 Å². The van der Waals surface area contributed by atoms with Crippen molar-refractivity contribution in [2.45, 2.75) is 57.8 Å². The molecule has 1 aromatic rings. The average molecular weight is 250 g/mol. The molecule has 0 bridgehead atoms. The van der Waals surface area contributed by atoms with Crippen molar-refractivity contribution in [1.82, 2.24) is 19.8 Å². The molecule has 102 valence electrons. The molecular formula is C14H26N4. The van der Waals surface area contributed by atoms with Crippen LogP contribution in [0.5, 0.6) is 0 Å². The Morgan fingerprint density at radius 1 is 1.44 bits per heavy atom. The number of aromatic nitrogens is 2. The first-order chi connectivity index (χ1) is 8.53. The highest BCUT2D eigenvalue weighted by Gasteiger charge is 2.39. The van der Waals surface area contributed by atoms with Gasteiger partial charge >= 0.3 is 0 Å². The maximum Gasteiger partial charge on any atom is 0.0949 e. The number of likely N-dealkylation sites (N-methyl/N-ethyl adjacent to an activating group) is 1. The SMILES string of the molecule is CC(C)NCc1cncn1CC1(N(C)C)CCC1. The fourth-order valence-corrected chi connectivity index (χ4v) is 2.60. The van der Waals surface area contributed by atoms with E-state index in [1.807, 2.05) is 12.5 Å². The van der Waals surface area contributed by atoms with Crippen molar-refractivity contribution >= 4 is 0 Å². The van der Waals surface area contributed by atoms with Gasteiger partial charge in [-0.05, 0) is 33.4 Å². The number of rotatable bonds is 6. The van der Waals surface area contributed by atoms with Gasteiger partial charge in [-0.25, -0.2) is 4.98 Å². The Hall–Kier alpha value is -0.870. The van der Waals surface area contributed by atoms with Gasteiger partial charge in [-0.15, -0.1) is 0 Å². The number of nitrogens with one attached hydrogen (secondary N) is 1. The Morgan fingerprint density at radius 3 is 2.67 bits per heavy atom. The first-order valence-corrected chi connectivity index (χ1v) is 6.93. The highest BCUT2D eigenvalue weighted by Crippen LogP contribution is 2.37. The van der Waals surface area contributed by atoms with E-state index in [1.165, 1.54) is 25.0 Å². The Bertz CT molecular complexity index is 377. The zero-order valence-corrected chi connectivity index (χ0v) is 12.1. The van der Waals surface area contributed by atoms with Gasteiger partial charge in [0.15, 0.2) is 0 Å².